The molecule has 1 aromatic rings. The highest BCUT2D eigenvalue weighted by Gasteiger charge is 2.23. The van der Waals surface area contributed by atoms with E-state index in [1.807, 2.05) is 0 Å². The van der Waals surface area contributed by atoms with Gasteiger partial charge >= 0.3 is 5.97 Å². The van der Waals surface area contributed by atoms with Crippen LogP contribution < -0.4 is 19.9 Å². The van der Waals surface area contributed by atoms with E-state index in [1.165, 1.54) is 28.4 Å². The summed E-state index contributed by atoms with van der Waals surface area (Å²) >= 11 is 0. The summed E-state index contributed by atoms with van der Waals surface area (Å²) in [5, 5.41) is 0. The van der Waals surface area contributed by atoms with Crippen LogP contribution in [-0.2, 0) is 9.53 Å². The summed E-state index contributed by atoms with van der Waals surface area (Å²) in [7, 11) is 5.76. The maximum atomic E-state index is 11.5. The smallest absolute Gasteiger partial charge is 0.327 e. The monoisotopic (exact) mass is 255 g/mol. The summed E-state index contributed by atoms with van der Waals surface area (Å²) in [6.07, 6.45) is 0. The Morgan fingerprint density at radius 2 is 1.50 bits per heavy atom. The molecule has 0 bridgehead atoms. The highest BCUT2D eigenvalue weighted by atomic mass is 16.5. The fourth-order valence-electron chi connectivity index (χ4n) is 1.55. The molecule has 0 aromatic heterocycles. The summed E-state index contributed by atoms with van der Waals surface area (Å²) in [6, 6.07) is 2.26. The van der Waals surface area contributed by atoms with E-state index in [-0.39, 0.29) is 0 Å². The van der Waals surface area contributed by atoms with Gasteiger partial charge in [0, 0.05) is 11.6 Å². The van der Waals surface area contributed by atoms with Crippen LogP contribution in [-0.4, -0.2) is 34.4 Å². The van der Waals surface area contributed by atoms with Crippen molar-refractivity contribution < 1.29 is 23.7 Å². The molecule has 1 rings (SSSR count). The second-order valence-electron chi connectivity index (χ2n) is 3.45. The molecule has 0 radical (unpaired) electrons. The maximum Gasteiger partial charge on any atom is 0.327 e. The van der Waals surface area contributed by atoms with Gasteiger partial charge in [0.15, 0.2) is 11.5 Å². The van der Waals surface area contributed by atoms with Crippen molar-refractivity contribution in [1.29, 1.82) is 0 Å². The van der Waals surface area contributed by atoms with Gasteiger partial charge in [-0.3, -0.25) is 4.79 Å². The number of hydrogen-bond acceptors (Lipinski definition) is 6. The molecule has 0 aliphatic heterocycles. The first-order valence-electron chi connectivity index (χ1n) is 5.22. The van der Waals surface area contributed by atoms with Gasteiger partial charge in [-0.15, -0.1) is 0 Å². The molecule has 0 aliphatic rings. The minimum Gasteiger partial charge on any atom is -0.496 e. The molecular formula is C12H17NO5. The highest BCUT2D eigenvalue weighted by Crippen LogP contribution is 2.37. The third-order valence-electron chi connectivity index (χ3n) is 2.53. The van der Waals surface area contributed by atoms with Crippen LogP contribution in [0.25, 0.3) is 0 Å². The molecule has 0 unspecified atom stereocenters. The largest absolute Gasteiger partial charge is 0.496 e. The van der Waals surface area contributed by atoms with E-state index < -0.39 is 12.0 Å². The molecule has 0 saturated carbocycles. The van der Waals surface area contributed by atoms with Crippen LogP contribution >= 0.6 is 0 Å². The Bertz CT molecular complexity index is 433. The van der Waals surface area contributed by atoms with Crippen molar-refractivity contribution >= 4 is 5.97 Å². The molecule has 1 aromatic carbocycles. The first-order chi connectivity index (χ1) is 8.58. The zero-order valence-corrected chi connectivity index (χ0v) is 10.9. The molecule has 0 spiro atoms. The Hall–Kier alpha value is -1.95. The predicted octanol–water partition coefficient (Wildman–Crippen LogP) is 0.885. The van der Waals surface area contributed by atoms with Crippen molar-refractivity contribution in [3.05, 3.63) is 17.7 Å². The fraction of sp³-hybridized carbons (Fsp3) is 0.417. The Kier molecular flexibility index (Phi) is 4.79. The van der Waals surface area contributed by atoms with E-state index >= 15 is 0 Å². The SMILES string of the molecule is COC(=O)[C@H](N)c1cc(OC)c(OC)cc1OC. The lowest BCUT2D eigenvalue weighted by Crippen LogP contribution is -2.23. The van der Waals surface area contributed by atoms with Gasteiger partial charge in [0.1, 0.15) is 11.8 Å². The van der Waals surface area contributed by atoms with Gasteiger partial charge < -0.3 is 24.7 Å². The van der Waals surface area contributed by atoms with Crippen LogP contribution in [0, 0.1) is 0 Å². The van der Waals surface area contributed by atoms with E-state index in [1.54, 1.807) is 12.1 Å². The number of nitrogens with two attached hydrogens (primary N) is 1. The number of benzene rings is 1. The van der Waals surface area contributed by atoms with Crippen LogP contribution in [0.15, 0.2) is 12.1 Å². The molecule has 0 amide bonds. The molecule has 0 aliphatic carbocycles. The Labute approximate surface area is 106 Å². The van der Waals surface area contributed by atoms with Crippen molar-refractivity contribution in [2.24, 2.45) is 5.73 Å². The minimum absolute atomic E-state index is 0.436. The van der Waals surface area contributed by atoms with Gasteiger partial charge in [-0.25, -0.2) is 0 Å². The first kappa shape index (κ1) is 14.1. The van der Waals surface area contributed by atoms with Crippen molar-refractivity contribution in [3.8, 4) is 17.2 Å². The summed E-state index contributed by atoms with van der Waals surface area (Å²) in [5.41, 5.74) is 6.26. The molecule has 2 N–H and O–H groups in total. The number of rotatable bonds is 5. The molecule has 0 heterocycles. The zero-order valence-electron chi connectivity index (χ0n) is 10.9. The number of carbonyl (C=O) groups excluding carboxylic acids is 1. The fourth-order valence-corrected chi connectivity index (χ4v) is 1.55. The third-order valence-corrected chi connectivity index (χ3v) is 2.53. The molecule has 18 heavy (non-hydrogen) atoms. The molecular weight excluding hydrogens is 238 g/mol. The van der Waals surface area contributed by atoms with Crippen molar-refractivity contribution in [3.63, 3.8) is 0 Å². The minimum atomic E-state index is -0.940. The van der Waals surface area contributed by atoms with E-state index in [4.69, 9.17) is 19.9 Å². The second-order valence-corrected chi connectivity index (χ2v) is 3.45. The Morgan fingerprint density at radius 3 is 1.94 bits per heavy atom. The van der Waals surface area contributed by atoms with Crippen LogP contribution in [0.5, 0.6) is 17.2 Å². The first-order valence-corrected chi connectivity index (χ1v) is 5.22. The Balaban J connectivity index is 3.29. The predicted molar refractivity (Wildman–Crippen MR) is 65.0 cm³/mol. The number of ether oxygens (including phenoxy) is 4. The summed E-state index contributed by atoms with van der Waals surface area (Å²) < 4.78 is 20.1. The topological polar surface area (TPSA) is 80.0 Å². The second kappa shape index (κ2) is 6.11. The lowest BCUT2D eigenvalue weighted by Gasteiger charge is -2.17. The van der Waals surface area contributed by atoms with Crippen molar-refractivity contribution in [2.45, 2.75) is 6.04 Å². The molecule has 0 saturated heterocycles. The van der Waals surface area contributed by atoms with Crippen LogP contribution in [0.3, 0.4) is 0 Å². The highest BCUT2D eigenvalue weighted by molar-refractivity contribution is 5.79. The standard InChI is InChI=1S/C12H17NO5/c1-15-8-6-10(17-3)9(16-2)5-7(8)11(13)12(14)18-4/h5-6,11H,13H2,1-4H3/t11-/m1/s1. The van der Waals surface area contributed by atoms with Crippen LogP contribution in [0.4, 0.5) is 0 Å². The van der Waals surface area contributed by atoms with Gasteiger partial charge in [0.2, 0.25) is 0 Å². The van der Waals surface area contributed by atoms with Crippen molar-refractivity contribution in [2.75, 3.05) is 28.4 Å². The summed E-state index contributed by atoms with van der Waals surface area (Å²) in [6.45, 7) is 0. The van der Waals surface area contributed by atoms with Gasteiger partial charge in [0.05, 0.1) is 28.4 Å². The van der Waals surface area contributed by atoms with Gasteiger partial charge in [-0.2, -0.15) is 0 Å². The van der Waals surface area contributed by atoms with Crippen LogP contribution in [0.2, 0.25) is 0 Å². The summed E-state index contributed by atoms with van der Waals surface area (Å²) in [5.74, 6) is 0.842. The lowest BCUT2D eigenvalue weighted by molar-refractivity contribution is -0.142. The van der Waals surface area contributed by atoms with E-state index in [9.17, 15) is 4.79 Å². The number of esters is 1. The average molecular weight is 255 g/mol. The quantitative estimate of drug-likeness (QED) is 0.787. The average Bonchev–Trinajstić information content (AvgIpc) is 2.43. The van der Waals surface area contributed by atoms with E-state index in [0.29, 0.717) is 22.8 Å². The normalized spacial score (nSPS) is 11.6. The number of methoxy groups -OCH3 is 4. The lowest BCUT2D eigenvalue weighted by atomic mass is 10.1. The molecule has 0 fully saturated rings. The molecule has 1 atom stereocenters. The molecule has 6 heteroatoms. The number of hydrogen-bond donors (Lipinski definition) is 1. The molecule has 100 valence electrons. The van der Waals surface area contributed by atoms with E-state index in [0.717, 1.165) is 0 Å². The maximum absolute atomic E-state index is 11.5. The molecule has 6 nitrogen and oxygen atoms in total. The number of carbonyl (C=O) groups is 1. The Morgan fingerprint density at radius 1 is 1.00 bits per heavy atom. The summed E-state index contributed by atoms with van der Waals surface area (Å²) in [4.78, 5) is 11.5. The van der Waals surface area contributed by atoms with Gasteiger partial charge in [0.25, 0.3) is 0 Å². The van der Waals surface area contributed by atoms with Gasteiger partial charge in [-0.1, -0.05) is 0 Å². The van der Waals surface area contributed by atoms with Gasteiger partial charge in [-0.05, 0) is 6.07 Å². The third kappa shape index (κ3) is 2.65. The zero-order chi connectivity index (χ0) is 13.7. The van der Waals surface area contributed by atoms with Crippen LogP contribution in [0.1, 0.15) is 11.6 Å². The van der Waals surface area contributed by atoms with E-state index in [2.05, 4.69) is 4.74 Å². The van der Waals surface area contributed by atoms with Crippen molar-refractivity contribution in [1.82, 2.24) is 0 Å².